The molecular formula is C25H30N4O3S. The summed E-state index contributed by atoms with van der Waals surface area (Å²) in [4.78, 5) is 33.1. The Hall–Kier alpha value is -3.10. The van der Waals surface area contributed by atoms with Crippen molar-refractivity contribution in [2.75, 3.05) is 6.54 Å². The number of carbonyl (C=O) groups excluding carboxylic acids is 2. The highest BCUT2D eigenvalue weighted by atomic mass is 32.1. The smallest absolute Gasteiger partial charge is 0.298 e. The minimum absolute atomic E-state index is 0.0600. The number of benzene rings is 1. The third-order valence-electron chi connectivity index (χ3n) is 5.16. The van der Waals surface area contributed by atoms with Crippen LogP contribution in [-0.4, -0.2) is 33.0 Å². The molecule has 3 rings (SSSR count). The number of hydrogen-bond donors (Lipinski definition) is 2. The molecule has 0 aliphatic rings. The zero-order valence-electron chi connectivity index (χ0n) is 19.5. The summed E-state index contributed by atoms with van der Waals surface area (Å²) >= 11 is 1.39. The van der Waals surface area contributed by atoms with E-state index in [1.54, 1.807) is 18.2 Å². The van der Waals surface area contributed by atoms with Crippen LogP contribution in [-0.2, 0) is 23.4 Å². The molecule has 1 aromatic carbocycles. The van der Waals surface area contributed by atoms with E-state index in [2.05, 4.69) is 60.3 Å². The number of aliphatic hydroxyl groups excluding tert-OH is 1. The molecule has 0 saturated heterocycles. The summed E-state index contributed by atoms with van der Waals surface area (Å²) in [6, 6.07) is 13.4. The van der Waals surface area contributed by atoms with Gasteiger partial charge in [0.05, 0.1) is 18.0 Å². The molecule has 33 heavy (non-hydrogen) atoms. The molecule has 2 aromatic heterocycles. The van der Waals surface area contributed by atoms with Crippen molar-refractivity contribution >= 4 is 23.2 Å². The van der Waals surface area contributed by atoms with E-state index in [0.29, 0.717) is 30.0 Å². The number of thiazole rings is 1. The third-order valence-corrected chi connectivity index (χ3v) is 6.03. The van der Waals surface area contributed by atoms with Gasteiger partial charge in [-0.15, -0.1) is 11.3 Å². The monoisotopic (exact) mass is 466 g/mol. The standard InChI is InChI=1S/C25H30N4O3S/c1-17(31)26-13-6-14-29-22(18-9-11-19(12-10-18)25(2,3)4)16-33-24(29)28-23(32)21-8-5-7-20(15-30)27-21/h5,7-12,16,30H,6,13-15H2,1-4H3,(H,26,31). The average molecular weight is 467 g/mol. The highest BCUT2D eigenvalue weighted by molar-refractivity contribution is 7.07. The summed E-state index contributed by atoms with van der Waals surface area (Å²) < 4.78 is 2.01. The Bertz CT molecular complexity index is 1190. The first kappa shape index (κ1) is 24.5. The van der Waals surface area contributed by atoms with Gasteiger partial charge in [-0.3, -0.25) is 9.59 Å². The number of carbonyl (C=O) groups is 2. The molecule has 0 unspecified atom stereocenters. The van der Waals surface area contributed by atoms with E-state index < -0.39 is 5.91 Å². The Morgan fingerprint density at radius 2 is 1.88 bits per heavy atom. The van der Waals surface area contributed by atoms with Crippen LogP contribution in [0.2, 0.25) is 0 Å². The van der Waals surface area contributed by atoms with E-state index in [1.165, 1.54) is 23.8 Å². The summed E-state index contributed by atoms with van der Waals surface area (Å²) in [7, 11) is 0. The van der Waals surface area contributed by atoms with Gasteiger partial charge in [0.1, 0.15) is 5.69 Å². The lowest BCUT2D eigenvalue weighted by atomic mass is 9.86. The van der Waals surface area contributed by atoms with E-state index in [4.69, 9.17) is 0 Å². The predicted octanol–water partition coefficient (Wildman–Crippen LogP) is 3.67. The largest absolute Gasteiger partial charge is 0.390 e. The van der Waals surface area contributed by atoms with Crippen LogP contribution in [0, 0.1) is 0 Å². The summed E-state index contributed by atoms with van der Waals surface area (Å²) in [5.74, 6) is -0.532. The van der Waals surface area contributed by atoms with Gasteiger partial charge in [-0.25, -0.2) is 4.98 Å². The molecule has 0 atom stereocenters. The van der Waals surface area contributed by atoms with Crippen molar-refractivity contribution < 1.29 is 14.7 Å². The topological polar surface area (TPSA) is 96.6 Å². The zero-order chi connectivity index (χ0) is 24.0. The van der Waals surface area contributed by atoms with Gasteiger partial charge in [0.2, 0.25) is 5.91 Å². The quantitative estimate of drug-likeness (QED) is 0.519. The lowest BCUT2D eigenvalue weighted by molar-refractivity contribution is -0.118. The van der Waals surface area contributed by atoms with Gasteiger partial charge in [0, 0.05) is 25.4 Å². The average Bonchev–Trinajstić information content (AvgIpc) is 3.18. The second kappa shape index (κ2) is 10.7. The first-order valence-corrected chi connectivity index (χ1v) is 11.8. The maximum absolute atomic E-state index is 12.8. The van der Waals surface area contributed by atoms with Crippen molar-refractivity contribution in [2.45, 2.75) is 52.7 Å². The van der Waals surface area contributed by atoms with Crippen molar-refractivity contribution in [2.24, 2.45) is 4.99 Å². The molecule has 7 nitrogen and oxygen atoms in total. The number of hydrogen-bond acceptors (Lipinski definition) is 5. The molecule has 0 radical (unpaired) electrons. The van der Waals surface area contributed by atoms with Crippen LogP contribution in [0.5, 0.6) is 0 Å². The molecule has 0 aliphatic carbocycles. The van der Waals surface area contributed by atoms with Crippen LogP contribution in [0.25, 0.3) is 11.3 Å². The number of nitrogens with zero attached hydrogens (tertiary/aromatic N) is 3. The van der Waals surface area contributed by atoms with Gasteiger partial charge in [0.15, 0.2) is 4.80 Å². The summed E-state index contributed by atoms with van der Waals surface area (Å²) in [6.45, 7) is 8.92. The normalized spacial score (nSPS) is 12.1. The van der Waals surface area contributed by atoms with Crippen LogP contribution in [0.1, 0.15) is 55.9 Å². The fourth-order valence-electron chi connectivity index (χ4n) is 3.34. The molecule has 174 valence electrons. The SMILES string of the molecule is CC(=O)NCCCn1c(-c2ccc(C(C)(C)C)cc2)csc1=NC(=O)c1cccc(CO)n1. The second-order valence-electron chi connectivity index (χ2n) is 8.81. The van der Waals surface area contributed by atoms with E-state index in [0.717, 1.165) is 11.3 Å². The fraction of sp³-hybridized carbons (Fsp3) is 0.360. The van der Waals surface area contributed by atoms with Gasteiger partial charge in [-0.1, -0.05) is 51.1 Å². The zero-order valence-corrected chi connectivity index (χ0v) is 20.3. The lowest BCUT2D eigenvalue weighted by Gasteiger charge is -2.19. The number of pyridine rings is 1. The number of amides is 2. The van der Waals surface area contributed by atoms with E-state index in [9.17, 15) is 14.7 Å². The highest BCUT2D eigenvalue weighted by Crippen LogP contribution is 2.26. The van der Waals surface area contributed by atoms with Crippen LogP contribution in [0.15, 0.2) is 52.8 Å². The first-order chi connectivity index (χ1) is 15.7. The summed E-state index contributed by atoms with van der Waals surface area (Å²) in [5.41, 5.74) is 3.92. The molecule has 2 N–H and O–H groups in total. The Balaban J connectivity index is 1.97. The van der Waals surface area contributed by atoms with E-state index in [-0.39, 0.29) is 23.6 Å². The minimum atomic E-state index is -0.461. The van der Waals surface area contributed by atoms with E-state index in [1.807, 2.05) is 9.95 Å². The molecule has 2 heterocycles. The van der Waals surface area contributed by atoms with Gasteiger partial charge >= 0.3 is 0 Å². The third kappa shape index (κ3) is 6.46. The minimum Gasteiger partial charge on any atom is -0.390 e. The summed E-state index contributed by atoms with van der Waals surface area (Å²) in [5, 5.41) is 14.1. The van der Waals surface area contributed by atoms with Crippen molar-refractivity contribution in [3.63, 3.8) is 0 Å². The Labute approximate surface area is 197 Å². The first-order valence-electron chi connectivity index (χ1n) is 10.9. The molecule has 0 aliphatic heterocycles. The van der Waals surface area contributed by atoms with Crippen molar-refractivity contribution in [3.8, 4) is 11.3 Å². The molecule has 0 saturated carbocycles. The summed E-state index contributed by atoms with van der Waals surface area (Å²) in [6.07, 6.45) is 0.697. The van der Waals surface area contributed by atoms with Crippen LogP contribution in [0.3, 0.4) is 0 Å². The van der Waals surface area contributed by atoms with Crippen molar-refractivity contribution in [3.05, 3.63) is 69.6 Å². The molecule has 2 amide bonds. The number of aliphatic hydroxyl groups is 1. The fourth-order valence-corrected chi connectivity index (χ4v) is 4.27. The molecule has 0 spiro atoms. The van der Waals surface area contributed by atoms with Crippen LogP contribution < -0.4 is 10.1 Å². The van der Waals surface area contributed by atoms with Crippen LogP contribution >= 0.6 is 11.3 Å². The highest BCUT2D eigenvalue weighted by Gasteiger charge is 2.15. The Morgan fingerprint density at radius 1 is 1.15 bits per heavy atom. The molecule has 3 aromatic rings. The number of nitrogens with one attached hydrogen (secondary N) is 1. The van der Waals surface area contributed by atoms with Crippen molar-refractivity contribution in [1.29, 1.82) is 0 Å². The number of aromatic nitrogens is 2. The van der Waals surface area contributed by atoms with E-state index >= 15 is 0 Å². The molecule has 0 bridgehead atoms. The van der Waals surface area contributed by atoms with Gasteiger partial charge in [-0.05, 0) is 35.1 Å². The second-order valence-corrected chi connectivity index (χ2v) is 9.64. The van der Waals surface area contributed by atoms with Crippen molar-refractivity contribution in [1.82, 2.24) is 14.9 Å². The van der Waals surface area contributed by atoms with Gasteiger partial charge in [0.25, 0.3) is 5.91 Å². The van der Waals surface area contributed by atoms with Gasteiger partial charge in [-0.2, -0.15) is 4.99 Å². The Kier molecular flexibility index (Phi) is 7.94. The van der Waals surface area contributed by atoms with Crippen LogP contribution in [0.4, 0.5) is 0 Å². The predicted molar refractivity (Wildman–Crippen MR) is 130 cm³/mol. The molecule has 8 heteroatoms. The maximum Gasteiger partial charge on any atom is 0.298 e. The van der Waals surface area contributed by atoms with Gasteiger partial charge < -0.3 is 15.0 Å². The Morgan fingerprint density at radius 3 is 2.52 bits per heavy atom. The number of rotatable bonds is 7. The molecule has 0 fully saturated rings. The lowest BCUT2D eigenvalue weighted by Crippen LogP contribution is -2.24. The molecular weight excluding hydrogens is 436 g/mol. The maximum atomic E-state index is 12.8.